The van der Waals surface area contributed by atoms with Gasteiger partial charge in [-0.05, 0) is 52.8 Å². The third-order valence-corrected chi connectivity index (χ3v) is 6.08. The summed E-state index contributed by atoms with van der Waals surface area (Å²) in [5.41, 5.74) is 0.991. The molecule has 4 heterocycles. The average molecular weight is 570 g/mol. The lowest BCUT2D eigenvalue weighted by atomic mass is 10.00. The summed E-state index contributed by atoms with van der Waals surface area (Å²) < 4.78 is 4.94. The van der Waals surface area contributed by atoms with Crippen molar-refractivity contribution in [3.05, 3.63) is 48.7 Å². The minimum absolute atomic E-state index is 0.0840. The summed E-state index contributed by atoms with van der Waals surface area (Å²) in [5.74, 6) is 4.19. The second-order valence-corrected chi connectivity index (χ2v) is 9.30. The topological polar surface area (TPSA) is 101 Å². The Bertz CT molecular complexity index is 880. The highest BCUT2D eigenvalue weighted by Crippen LogP contribution is 2.15. The molecule has 2 fully saturated rings. The van der Waals surface area contributed by atoms with Crippen LogP contribution in [0.3, 0.4) is 0 Å². The third kappa shape index (κ3) is 17.9. The van der Waals surface area contributed by atoms with E-state index >= 15 is 0 Å². The van der Waals surface area contributed by atoms with Crippen LogP contribution >= 0.6 is 0 Å². The lowest BCUT2D eigenvalue weighted by molar-refractivity contribution is 0.146. The molecule has 1 atom stereocenters. The Hall–Kier alpha value is -3.26. The summed E-state index contributed by atoms with van der Waals surface area (Å²) in [6, 6.07) is 0.723. The molecule has 0 spiro atoms. The number of nitrogens with one attached hydrogen (secondary N) is 3. The number of likely N-dealkylation sites (tertiary alicyclic amines) is 1. The molecule has 4 aliphatic rings. The van der Waals surface area contributed by atoms with Gasteiger partial charge in [0.2, 0.25) is 0 Å². The molecule has 0 aliphatic carbocycles. The van der Waals surface area contributed by atoms with E-state index in [0.29, 0.717) is 25.7 Å². The Balaban J connectivity index is 0.000000589. The number of hydrogen-bond donors (Lipinski definition) is 3. The van der Waals surface area contributed by atoms with Gasteiger partial charge in [0, 0.05) is 63.6 Å². The minimum atomic E-state index is -0.0840. The molecule has 0 aromatic carbocycles. The molecule has 230 valence electrons. The van der Waals surface area contributed by atoms with E-state index in [-0.39, 0.29) is 5.92 Å². The van der Waals surface area contributed by atoms with Crippen LogP contribution in [0.15, 0.2) is 68.9 Å². The summed E-state index contributed by atoms with van der Waals surface area (Å²) in [6.07, 6.45) is 19.4. The molecule has 0 aromatic rings. The maximum atomic E-state index is 5.48. The van der Waals surface area contributed by atoms with Crippen molar-refractivity contribution in [2.45, 2.75) is 52.5 Å². The molecule has 1 unspecified atom stereocenters. The van der Waals surface area contributed by atoms with E-state index in [9.17, 15) is 0 Å². The number of aliphatic imine (C=N–C) groups is 2. The lowest BCUT2D eigenvalue weighted by Crippen LogP contribution is -2.41. The largest absolute Gasteiger partial charge is 0.381 e. The average Bonchev–Trinajstić information content (AvgIpc) is 3.62. The van der Waals surface area contributed by atoms with Crippen LogP contribution in [0.25, 0.3) is 0 Å². The fourth-order valence-corrected chi connectivity index (χ4v) is 3.83. The number of rotatable bonds is 5. The second kappa shape index (κ2) is 25.7. The van der Waals surface area contributed by atoms with Gasteiger partial charge >= 0.3 is 0 Å². The van der Waals surface area contributed by atoms with Crippen LogP contribution in [0.4, 0.5) is 0 Å². The SMILES string of the molecule is C#CC1/C=C\N=CCNC2=C1C=NCN2.C1CCOC1.C=C(/N=N\CN1CCC(N(C)C)CC1)NC.C=CC.CC. The highest BCUT2D eigenvalue weighted by Gasteiger charge is 2.20. The van der Waals surface area contributed by atoms with E-state index in [0.717, 1.165) is 43.7 Å². The number of allylic oxidation sites excluding steroid dienone is 3. The number of azo groups is 1. The van der Waals surface area contributed by atoms with Crippen LogP contribution < -0.4 is 16.0 Å². The van der Waals surface area contributed by atoms with Crippen molar-refractivity contribution < 1.29 is 4.74 Å². The zero-order chi connectivity index (χ0) is 30.7. The van der Waals surface area contributed by atoms with Crippen LogP contribution in [0.2, 0.25) is 0 Å². The molecular weight excluding hydrogens is 514 g/mol. The van der Waals surface area contributed by atoms with E-state index in [1.54, 1.807) is 25.5 Å². The Kier molecular flexibility index (Phi) is 23.6. The Morgan fingerprint density at radius 3 is 2.46 bits per heavy atom. The molecule has 0 radical (unpaired) electrons. The predicted octanol–water partition coefficient (Wildman–Crippen LogP) is 4.39. The highest BCUT2D eigenvalue weighted by atomic mass is 16.5. The number of nitrogens with zero attached hydrogens (tertiary/aromatic N) is 6. The summed E-state index contributed by atoms with van der Waals surface area (Å²) in [5, 5.41) is 17.3. The van der Waals surface area contributed by atoms with Gasteiger partial charge in [0.1, 0.15) is 25.0 Å². The fourth-order valence-electron chi connectivity index (χ4n) is 3.83. The maximum Gasteiger partial charge on any atom is 0.140 e. The van der Waals surface area contributed by atoms with Crippen LogP contribution in [-0.4, -0.2) is 95.6 Å². The molecule has 0 aromatic heterocycles. The first kappa shape index (κ1) is 37.7. The number of ether oxygens (including phenoxy) is 1. The quantitative estimate of drug-likeness (QED) is 0.258. The lowest BCUT2D eigenvalue weighted by Gasteiger charge is -2.33. The summed E-state index contributed by atoms with van der Waals surface area (Å²) in [7, 11) is 6.10. The van der Waals surface area contributed by atoms with Crippen LogP contribution in [0.5, 0.6) is 0 Å². The highest BCUT2D eigenvalue weighted by molar-refractivity contribution is 5.82. The maximum absolute atomic E-state index is 5.48. The first-order chi connectivity index (χ1) is 20.0. The van der Waals surface area contributed by atoms with Gasteiger partial charge in [-0.3, -0.25) is 14.9 Å². The second-order valence-electron chi connectivity index (χ2n) is 9.30. The molecule has 0 bridgehead atoms. The number of hydrogen-bond acceptors (Lipinski definition) is 10. The molecule has 2 saturated heterocycles. The first-order valence-electron chi connectivity index (χ1n) is 14.6. The van der Waals surface area contributed by atoms with Gasteiger partial charge in [-0.15, -0.1) is 18.1 Å². The minimum Gasteiger partial charge on any atom is -0.381 e. The van der Waals surface area contributed by atoms with E-state index < -0.39 is 0 Å². The van der Waals surface area contributed by atoms with Crippen molar-refractivity contribution in [1.82, 2.24) is 25.8 Å². The van der Waals surface area contributed by atoms with E-state index in [4.69, 9.17) is 11.2 Å². The summed E-state index contributed by atoms with van der Waals surface area (Å²) in [4.78, 5) is 12.9. The number of terminal acetylenes is 1. The van der Waals surface area contributed by atoms with Gasteiger partial charge in [0.15, 0.2) is 0 Å². The monoisotopic (exact) mass is 569 g/mol. The predicted molar refractivity (Wildman–Crippen MR) is 175 cm³/mol. The molecule has 0 amide bonds. The normalized spacial score (nSPS) is 20.6. The van der Waals surface area contributed by atoms with Crippen LogP contribution in [0, 0.1) is 18.3 Å². The fraction of sp³-hybridized carbons (Fsp3) is 0.613. The van der Waals surface area contributed by atoms with Crippen molar-refractivity contribution in [3.8, 4) is 12.3 Å². The molecule has 3 N–H and O–H groups in total. The Labute approximate surface area is 249 Å². The molecule has 10 nitrogen and oxygen atoms in total. The van der Waals surface area contributed by atoms with E-state index in [1.807, 2.05) is 33.1 Å². The van der Waals surface area contributed by atoms with Crippen LogP contribution in [-0.2, 0) is 4.74 Å². The standard InChI is InChI=1S/C11H23N5.C11H12N4.C4H8O.C3H6.C2H6/c1-10(12-2)14-13-9-16-7-5-11(6-8-16)15(3)4;1-2-9-3-4-12-5-6-14-11-10(9)7-13-8-15-11;1-2-4-5-3-1;1-3-2;1-2/h11-12H,1,5-9H2,2-4H3;1,3-5,7,9,14-15H,6,8H2;1-4H2;3H,1H2,2H3;1-2H3/b14-13-;4-3-,12-5?;;;. The molecule has 41 heavy (non-hydrogen) atoms. The molecular formula is C31H55N9O. The first-order valence-corrected chi connectivity index (χ1v) is 14.6. The van der Waals surface area contributed by atoms with Crippen LogP contribution in [0.1, 0.15) is 46.5 Å². The zero-order valence-corrected chi connectivity index (χ0v) is 26.4. The van der Waals surface area contributed by atoms with E-state index in [2.05, 4.69) is 79.1 Å². The molecule has 4 aliphatic heterocycles. The summed E-state index contributed by atoms with van der Waals surface area (Å²) in [6.45, 7) is 19.1. The molecule has 0 saturated carbocycles. The van der Waals surface area contributed by atoms with Gasteiger partial charge in [-0.25, -0.2) is 0 Å². The Morgan fingerprint density at radius 2 is 1.93 bits per heavy atom. The zero-order valence-electron chi connectivity index (χ0n) is 26.4. The molecule has 10 heteroatoms. The summed E-state index contributed by atoms with van der Waals surface area (Å²) >= 11 is 0. The van der Waals surface area contributed by atoms with E-state index in [1.165, 1.54) is 25.7 Å². The Morgan fingerprint density at radius 1 is 1.27 bits per heavy atom. The third-order valence-electron chi connectivity index (χ3n) is 6.08. The van der Waals surface area contributed by atoms with Crippen molar-refractivity contribution in [3.63, 3.8) is 0 Å². The smallest absolute Gasteiger partial charge is 0.140 e. The number of piperidine rings is 1. The van der Waals surface area contributed by atoms with Crippen molar-refractivity contribution in [1.29, 1.82) is 0 Å². The van der Waals surface area contributed by atoms with Crippen molar-refractivity contribution >= 4 is 12.4 Å². The van der Waals surface area contributed by atoms with Gasteiger partial charge in [-0.1, -0.05) is 32.4 Å². The van der Waals surface area contributed by atoms with Crippen molar-refractivity contribution in [2.24, 2.45) is 26.1 Å². The van der Waals surface area contributed by atoms with Gasteiger partial charge in [0.05, 0.1) is 12.5 Å². The van der Waals surface area contributed by atoms with Gasteiger partial charge < -0.3 is 25.6 Å². The van der Waals surface area contributed by atoms with Gasteiger partial charge in [-0.2, -0.15) is 5.11 Å². The van der Waals surface area contributed by atoms with Gasteiger partial charge in [0.25, 0.3) is 0 Å². The van der Waals surface area contributed by atoms with Crippen molar-refractivity contribution in [2.75, 3.05) is 67.3 Å². The molecule has 4 rings (SSSR count).